The first-order valence-corrected chi connectivity index (χ1v) is 6.98. The van der Waals surface area contributed by atoms with Crippen LogP contribution in [0, 0.1) is 12.7 Å². The van der Waals surface area contributed by atoms with Gasteiger partial charge in [0.1, 0.15) is 11.6 Å². The van der Waals surface area contributed by atoms with Gasteiger partial charge in [-0.25, -0.2) is 9.37 Å². The molecule has 1 heterocycles. The van der Waals surface area contributed by atoms with Crippen molar-refractivity contribution < 1.29 is 4.39 Å². The molecule has 0 amide bonds. The van der Waals surface area contributed by atoms with Gasteiger partial charge in [0.25, 0.3) is 0 Å². The second-order valence-corrected chi connectivity index (χ2v) is 5.65. The lowest BCUT2D eigenvalue weighted by atomic mass is 10.1. The summed E-state index contributed by atoms with van der Waals surface area (Å²) in [6.07, 6.45) is 1.57. The molecule has 0 saturated carbocycles. The monoisotopic (exact) mass is 342 g/mol. The molecule has 2 rings (SSSR count). The Morgan fingerprint density at radius 2 is 2.11 bits per heavy atom. The van der Waals surface area contributed by atoms with Crippen LogP contribution in [0.1, 0.15) is 24.1 Å². The summed E-state index contributed by atoms with van der Waals surface area (Å²) in [5, 5.41) is 3.78. The van der Waals surface area contributed by atoms with E-state index in [0.717, 1.165) is 10.0 Å². The largest absolute Gasteiger partial charge is 0.363 e. The van der Waals surface area contributed by atoms with Gasteiger partial charge in [0.2, 0.25) is 0 Å². The lowest BCUT2D eigenvalue weighted by Gasteiger charge is -2.16. The molecule has 1 atom stereocenters. The second-order valence-electron chi connectivity index (χ2n) is 4.36. The van der Waals surface area contributed by atoms with Gasteiger partial charge >= 0.3 is 0 Å². The van der Waals surface area contributed by atoms with Crippen LogP contribution in [0.3, 0.4) is 0 Å². The fraction of sp³-hybridized carbons (Fsp3) is 0.214. The van der Waals surface area contributed by atoms with Gasteiger partial charge in [-0.3, -0.25) is 0 Å². The minimum Gasteiger partial charge on any atom is -0.363 e. The number of pyridine rings is 1. The van der Waals surface area contributed by atoms with Gasteiger partial charge in [-0.1, -0.05) is 23.7 Å². The Balaban J connectivity index is 2.20. The van der Waals surface area contributed by atoms with E-state index in [1.54, 1.807) is 25.3 Å². The molecule has 1 aromatic heterocycles. The Bertz CT molecular complexity index is 604. The van der Waals surface area contributed by atoms with Crippen molar-refractivity contribution in [1.29, 1.82) is 0 Å². The Morgan fingerprint density at radius 1 is 1.37 bits per heavy atom. The molecule has 5 heteroatoms. The van der Waals surface area contributed by atoms with Crippen molar-refractivity contribution in [2.24, 2.45) is 0 Å². The first kappa shape index (κ1) is 14.3. The highest BCUT2D eigenvalue weighted by molar-refractivity contribution is 9.10. The summed E-state index contributed by atoms with van der Waals surface area (Å²) >= 11 is 9.23. The molecular weight excluding hydrogens is 331 g/mol. The first-order valence-electron chi connectivity index (χ1n) is 5.81. The van der Waals surface area contributed by atoms with E-state index < -0.39 is 0 Å². The zero-order valence-corrected chi connectivity index (χ0v) is 12.9. The molecule has 2 aromatic rings. The standard InChI is InChI=1S/C14H13BrClFN2/c1-8-3-4-10(5-13(8)17)9(2)19-14-12(15)6-11(16)7-18-14/h3-7,9H,1-2H3,(H,18,19). The second kappa shape index (κ2) is 5.88. The minimum atomic E-state index is -0.200. The van der Waals surface area contributed by atoms with Crippen LogP contribution in [0.5, 0.6) is 0 Å². The minimum absolute atomic E-state index is 0.0555. The number of hydrogen-bond acceptors (Lipinski definition) is 2. The third-order valence-corrected chi connectivity index (χ3v) is 3.67. The van der Waals surface area contributed by atoms with Crippen LogP contribution in [0.2, 0.25) is 5.02 Å². The van der Waals surface area contributed by atoms with Crippen molar-refractivity contribution in [3.63, 3.8) is 0 Å². The SMILES string of the molecule is Cc1ccc(C(C)Nc2ncc(Cl)cc2Br)cc1F. The number of anilines is 1. The van der Waals surface area contributed by atoms with Crippen molar-refractivity contribution in [2.45, 2.75) is 19.9 Å². The normalized spacial score (nSPS) is 12.3. The molecule has 100 valence electrons. The van der Waals surface area contributed by atoms with Gasteiger partial charge in [0.05, 0.1) is 15.5 Å². The molecular formula is C14H13BrClFN2. The smallest absolute Gasteiger partial charge is 0.140 e. The van der Waals surface area contributed by atoms with Gasteiger partial charge in [0, 0.05) is 6.20 Å². The predicted octanol–water partition coefficient (Wildman–Crippen LogP) is 5.12. The number of hydrogen-bond donors (Lipinski definition) is 1. The molecule has 0 fully saturated rings. The number of aromatic nitrogens is 1. The quantitative estimate of drug-likeness (QED) is 0.837. The molecule has 0 bridgehead atoms. The van der Waals surface area contributed by atoms with Crippen molar-refractivity contribution in [3.8, 4) is 0 Å². The van der Waals surface area contributed by atoms with Crippen LogP contribution in [0.25, 0.3) is 0 Å². The number of nitrogens with zero attached hydrogens (tertiary/aromatic N) is 1. The number of benzene rings is 1. The fourth-order valence-corrected chi connectivity index (χ4v) is 2.44. The van der Waals surface area contributed by atoms with E-state index in [4.69, 9.17) is 11.6 Å². The molecule has 1 unspecified atom stereocenters. The molecule has 0 spiro atoms. The Kier molecular flexibility index (Phi) is 4.42. The molecule has 0 aliphatic carbocycles. The highest BCUT2D eigenvalue weighted by atomic mass is 79.9. The van der Waals surface area contributed by atoms with E-state index in [2.05, 4.69) is 26.2 Å². The first-order chi connectivity index (χ1) is 8.97. The van der Waals surface area contributed by atoms with Crippen LogP contribution < -0.4 is 5.32 Å². The summed E-state index contributed by atoms with van der Waals surface area (Å²) in [4.78, 5) is 4.20. The highest BCUT2D eigenvalue weighted by Crippen LogP contribution is 2.27. The molecule has 1 aromatic carbocycles. The maximum atomic E-state index is 13.5. The van der Waals surface area contributed by atoms with Gasteiger partial charge in [0.15, 0.2) is 0 Å². The third-order valence-electron chi connectivity index (χ3n) is 2.86. The summed E-state index contributed by atoms with van der Waals surface area (Å²) in [5.74, 6) is 0.479. The van der Waals surface area contributed by atoms with E-state index in [1.807, 2.05) is 13.0 Å². The van der Waals surface area contributed by atoms with Crippen molar-refractivity contribution in [2.75, 3.05) is 5.32 Å². The third kappa shape index (κ3) is 3.45. The van der Waals surface area contributed by atoms with E-state index >= 15 is 0 Å². The maximum Gasteiger partial charge on any atom is 0.140 e. The van der Waals surface area contributed by atoms with Gasteiger partial charge in [-0.2, -0.15) is 0 Å². The summed E-state index contributed by atoms with van der Waals surface area (Å²) in [6, 6.07) is 6.92. The topological polar surface area (TPSA) is 24.9 Å². The lowest BCUT2D eigenvalue weighted by molar-refractivity contribution is 0.614. The van der Waals surface area contributed by atoms with Crippen LogP contribution in [0.15, 0.2) is 34.9 Å². The van der Waals surface area contributed by atoms with E-state index in [9.17, 15) is 4.39 Å². The van der Waals surface area contributed by atoms with Crippen molar-refractivity contribution >= 4 is 33.3 Å². The highest BCUT2D eigenvalue weighted by Gasteiger charge is 2.10. The van der Waals surface area contributed by atoms with Gasteiger partial charge < -0.3 is 5.32 Å². The Morgan fingerprint density at radius 3 is 2.74 bits per heavy atom. The summed E-state index contributed by atoms with van der Waals surface area (Å²) in [6.45, 7) is 3.70. The van der Waals surface area contributed by atoms with Crippen molar-refractivity contribution in [3.05, 3.63) is 56.9 Å². The van der Waals surface area contributed by atoms with Crippen molar-refractivity contribution in [1.82, 2.24) is 4.98 Å². The van der Waals surface area contributed by atoms with Crippen LogP contribution >= 0.6 is 27.5 Å². The molecule has 0 saturated heterocycles. The average Bonchev–Trinajstić information content (AvgIpc) is 2.36. The molecule has 1 N–H and O–H groups in total. The van der Waals surface area contributed by atoms with Gasteiger partial charge in [-0.15, -0.1) is 0 Å². The molecule has 0 radical (unpaired) electrons. The molecule has 0 aliphatic rings. The number of nitrogens with one attached hydrogen (secondary N) is 1. The Hall–Kier alpha value is -1.13. The van der Waals surface area contributed by atoms with E-state index in [0.29, 0.717) is 16.4 Å². The lowest BCUT2D eigenvalue weighted by Crippen LogP contribution is -2.09. The zero-order valence-electron chi connectivity index (χ0n) is 10.5. The van der Waals surface area contributed by atoms with E-state index in [1.165, 1.54) is 6.07 Å². The maximum absolute atomic E-state index is 13.5. The molecule has 2 nitrogen and oxygen atoms in total. The number of halogens is 3. The number of aryl methyl sites for hydroxylation is 1. The Labute approximate surface area is 125 Å². The summed E-state index contributed by atoms with van der Waals surface area (Å²) in [5.41, 5.74) is 1.51. The zero-order chi connectivity index (χ0) is 14.0. The summed E-state index contributed by atoms with van der Waals surface area (Å²) < 4.78 is 14.3. The predicted molar refractivity (Wildman–Crippen MR) is 80.1 cm³/mol. The van der Waals surface area contributed by atoms with Crippen LogP contribution in [-0.2, 0) is 0 Å². The molecule has 0 aliphatic heterocycles. The molecule has 19 heavy (non-hydrogen) atoms. The van der Waals surface area contributed by atoms with Crippen LogP contribution in [-0.4, -0.2) is 4.98 Å². The van der Waals surface area contributed by atoms with Gasteiger partial charge in [-0.05, 0) is 53.0 Å². The van der Waals surface area contributed by atoms with Crippen LogP contribution in [0.4, 0.5) is 10.2 Å². The average molecular weight is 344 g/mol. The fourth-order valence-electron chi connectivity index (χ4n) is 1.69. The number of rotatable bonds is 3. The summed E-state index contributed by atoms with van der Waals surface area (Å²) in [7, 11) is 0. The van der Waals surface area contributed by atoms with E-state index in [-0.39, 0.29) is 11.9 Å².